The average Bonchev–Trinajstić information content (AvgIpc) is 2.95. The summed E-state index contributed by atoms with van der Waals surface area (Å²) in [5, 5.41) is 1.18. The molecule has 1 aliphatic rings. The van der Waals surface area contributed by atoms with Crippen molar-refractivity contribution in [1.82, 2.24) is 4.98 Å². The van der Waals surface area contributed by atoms with Crippen LogP contribution in [0.25, 0.3) is 10.2 Å². The molecule has 0 saturated heterocycles. The van der Waals surface area contributed by atoms with Gasteiger partial charge in [-0.05, 0) is 38.0 Å². The molecule has 1 aromatic carbocycles. The third-order valence-corrected chi connectivity index (χ3v) is 5.49. The molecule has 1 saturated carbocycles. The fourth-order valence-electron chi connectivity index (χ4n) is 2.86. The van der Waals surface area contributed by atoms with Gasteiger partial charge in [0, 0.05) is 11.5 Å². The minimum Gasteiger partial charge on any atom is -0.494 e. The van der Waals surface area contributed by atoms with Gasteiger partial charge >= 0.3 is 0 Å². The maximum absolute atomic E-state index is 6.29. The third-order valence-electron chi connectivity index (χ3n) is 4.19. The van der Waals surface area contributed by atoms with E-state index in [1.54, 1.807) is 11.3 Å². The number of rotatable bonds is 3. The summed E-state index contributed by atoms with van der Waals surface area (Å²) in [6.07, 6.45) is 3.46. The maximum Gasteiger partial charge on any atom is 0.120 e. The highest BCUT2D eigenvalue weighted by atomic mass is 32.1. The standard InChI is InChI=1S/C15H20N2OS/c1-3-18-10-6-7-11-12(9-10)19-14(17-11)15(2)8-4-5-13(15)16/h6-7,9,13H,3-5,8,16H2,1-2H3. The fraction of sp³-hybridized carbons (Fsp3) is 0.533. The number of benzene rings is 1. The van der Waals surface area contributed by atoms with E-state index in [1.807, 2.05) is 19.1 Å². The summed E-state index contributed by atoms with van der Waals surface area (Å²) < 4.78 is 6.74. The molecule has 0 spiro atoms. The normalized spacial score (nSPS) is 27.0. The van der Waals surface area contributed by atoms with E-state index in [0.29, 0.717) is 6.61 Å². The summed E-state index contributed by atoms with van der Waals surface area (Å²) in [5.41, 5.74) is 7.40. The van der Waals surface area contributed by atoms with Crippen molar-refractivity contribution in [2.24, 2.45) is 5.73 Å². The number of thiazole rings is 1. The summed E-state index contributed by atoms with van der Waals surface area (Å²) in [5.74, 6) is 0.922. The Morgan fingerprint density at radius 2 is 2.37 bits per heavy atom. The Kier molecular flexibility index (Phi) is 3.23. The largest absolute Gasteiger partial charge is 0.494 e. The van der Waals surface area contributed by atoms with Crippen molar-refractivity contribution in [2.45, 2.75) is 44.6 Å². The molecule has 1 aliphatic carbocycles. The minimum atomic E-state index is 0.0511. The first kappa shape index (κ1) is 12.9. The lowest BCUT2D eigenvalue weighted by molar-refractivity contribution is 0.341. The molecule has 2 atom stereocenters. The second-order valence-electron chi connectivity index (χ2n) is 5.50. The van der Waals surface area contributed by atoms with Gasteiger partial charge in [-0.15, -0.1) is 11.3 Å². The van der Waals surface area contributed by atoms with Crippen molar-refractivity contribution in [3.05, 3.63) is 23.2 Å². The molecular formula is C15H20N2OS. The van der Waals surface area contributed by atoms with E-state index in [-0.39, 0.29) is 11.5 Å². The highest BCUT2D eigenvalue weighted by molar-refractivity contribution is 7.18. The molecule has 1 heterocycles. The molecule has 0 aliphatic heterocycles. The zero-order valence-electron chi connectivity index (χ0n) is 11.5. The van der Waals surface area contributed by atoms with Crippen molar-refractivity contribution >= 4 is 21.6 Å². The van der Waals surface area contributed by atoms with Crippen molar-refractivity contribution in [3.8, 4) is 5.75 Å². The van der Waals surface area contributed by atoms with Crippen LogP contribution < -0.4 is 10.5 Å². The van der Waals surface area contributed by atoms with E-state index in [0.717, 1.165) is 24.1 Å². The molecule has 4 heteroatoms. The van der Waals surface area contributed by atoms with Gasteiger partial charge in [-0.2, -0.15) is 0 Å². The van der Waals surface area contributed by atoms with Crippen LogP contribution in [0.3, 0.4) is 0 Å². The first-order chi connectivity index (χ1) is 9.13. The van der Waals surface area contributed by atoms with Crippen LogP contribution in [0.1, 0.15) is 38.1 Å². The van der Waals surface area contributed by atoms with Crippen LogP contribution in [-0.4, -0.2) is 17.6 Å². The Bertz CT molecular complexity index is 595. The topological polar surface area (TPSA) is 48.1 Å². The second-order valence-corrected chi connectivity index (χ2v) is 6.53. The molecule has 2 aromatic rings. The van der Waals surface area contributed by atoms with Gasteiger partial charge in [-0.3, -0.25) is 0 Å². The Morgan fingerprint density at radius 3 is 3.05 bits per heavy atom. The summed E-state index contributed by atoms with van der Waals surface area (Å²) in [6.45, 7) is 4.95. The van der Waals surface area contributed by atoms with Crippen LogP contribution in [0, 0.1) is 0 Å². The Balaban J connectivity index is 2.01. The van der Waals surface area contributed by atoms with Crippen molar-refractivity contribution in [2.75, 3.05) is 6.61 Å². The van der Waals surface area contributed by atoms with Crippen LogP contribution in [0.2, 0.25) is 0 Å². The van der Waals surface area contributed by atoms with E-state index >= 15 is 0 Å². The predicted octanol–water partition coefficient (Wildman–Crippen LogP) is 3.46. The second kappa shape index (κ2) is 4.76. The number of hydrogen-bond donors (Lipinski definition) is 1. The van der Waals surface area contributed by atoms with Gasteiger partial charge in [-0.25, -0.2) is 4.98 Å². The SMILES string of the molecule is CCOc1ccc2nc(C3(C)CCCC3N)sc2c1. The highest BCUT2D eigenvalue weighted by Gasteiger charge is 2.40. The molecular weight excluding hydrogens is 256 g/mol. The Labute approximate surface area is 117 Å². The van der Waals surface area contributed by atoms with Gasteiger partial charge < -0.3 is 10.5 Å². The van der Waals surface area contributed by atoms with E-state index in [2.05, 4.69) is 13.0 Å². The van der Waals surface area contributed by atoms with Gasteiger partial charge in [-0.1, -0.05) is 13.3 Å². The molecule has 3 nitrogen and oxygen atoms in total. The minimum absolute atomic E-state index is 0.0511. The Morgan fingerprint density at radius 1 is 1.53 bits per heavy atom. The number of fused-ring (bicyclic) bond motifs is 1. The van der Waals surface area contributed by atoms with Crippen LogP contribution in [0.4, 0.5) is 0 Å². The highest BCUT2D eigenvalue weighted by Crippen LogP contribution is 2.43. The molecule has 0 amide bonds. The number of nitrogens with zero attached hydrogens (tertiary/aromatic N) is 1. The molecule has 2 unspecified atom stereocenters. The van der Waals surface area contributed by atoms with Crippen LogP contribution in [-0.2, 0) is 5.41 Å². The van der Waals surface area contributed by atoms with Gasteiger partial charge in [0.15, 0.2) is 0 Å². The lowest BCUT2D eigenvalue weighted by Gasteiger charge is -2.26. The molecule has 2 N–H and O–H groups in total. The fourth-order valence-corrected chi connectivity index (χ4v) is 4.10. The van der Waals surface area contributed by atoms with E-state index in [1.165, 1.54) is 16.1 Å². The average molecular weight is 276 g/mol. The summed E-state index contributed by atoms with van der Waals surface area (Å²) in [7, 11) is 0. The molecule has 19 heavy (non-hydrogen) atoms. The Hall–Kier alpha value is -1.13. The lowest BCUT2D eigenvalue weighted by atomic mass is 9.86. The van der Waals surface area contributed by atoms with E-state index < -0.39 is 0 Å². The smallest absolute Gasteiger partial charge is 0.120 e. The molecule has 3 rings (SSSR count). The van der Waals surface area contributed by atoms with Crippen molar-refractivity contribution in [1.29, 1.82) is 0 Å². The van der Waals surface area contributed by atoms with E-state index in [4.69, 9.17) is 15.5 Å². The van der Waals surface area contributed by atoms with E-state index in [9.17, 15) is 0 Å². The van der Waals surface area contributed by atoms with Crippen molar-refractivity contribution in [3.63, 3.8) is 0 Å². The van der Waals surface area contributed by atoms with Gasteiger partial charge in [0.25, 0.3) is 0 Å². The molecule has 0 bridgehead atoms. The van der Waals surface area contributed by atoms with Crippen molar-refractivity contribution < 1.29 is 4.74 Å². The van der Waals surface area contributed by atoms with Gasteiger partial charge in [0.05, 0.1) is 16.8 Å². The van der Waals surface area contributed by atoms with Gasteiger partial charge in [0.1, 0.15) is 10.8 Å². The third kappa shape index (κ3) is 2.13. The number of nitrogens with two attached hydrogens (primary N) is 1. The first-order valence-corrected chi connectivity index (χ1v) is 7.74. The summed E-state index contributed by atoms with van der Waals surface area (Å²) >= 11 is 1.77. The molecule has 1 fully saturated rings. The van der Waals surface area contributed by atoms with Gasteiger partial charge in [0.2, 0.25) is 0 Å². The molecule has 102 valence electrons. The lowest BCUT2D eigenvalue weighted by Crippen LogP contribution is -2.38. The summed E-state index contributed by atoms with van der Waals surface area (Å²) in [6, 6.07) is 6.36. The summed E-state index contributed by atoms with van der Waals surface area (Å²) in [4.78, 5) is 4.80. The molecule has 0 radical (unpaired) electrons. The predicted molar refractivity (Wildman–Crippen MR) is 80.0 cm³/mol. The first-order valence-electron chi connectivity index (χ1n) is 6.93. The van der Waals surface area contributed by atoms with Crippen LogP contribution in [0.15, 0.2) is 18.2 Å². The zero-order chi connectivity index (χ0) is 13.5. The van der Waals surface area contributed by atoms with Crippen LogP contribution in [0.5, 0.6) is 5.75 Å². The zero-order valence-corrected chi connectivity index (χ0v) is 12.3. The number of ether oxygens (including phenoxy) is 1. The van der Waals surface area contributed by atoms with Crippen LogP contribution >= 0.6 is 11.3 Å². The quantitative estimate of drug-likeness (QED) is 0.934. The number of hydrogen-bond acceptors (Lipinski definition) is 4. The maximum atomic E-state index is 6.29. The number of aromatic nitrogens is 1. The monoisotopic (exact) mass is 276 g/mol. The molecule has 1 aromatic heterocycles.